The molecule has 0 nitrogen and oxygen atoms in total. The van der Waals surface area contributed by atoms with E-state index in [0.717, 1.165) is 0 Å². The lowest BCUT2D eigenvalue weighted by molar-refractivity contribution is 1.37. The fourth-order valence-electron chi connectivity index (χ4n) is 1.79. The van der Waals surface area contributed by atoms with E-state index in [9.17, 15) is 0 Å². The number of hydrogen-bond acceptors (Lipinski definition) is 0. The summed E-state index contributed by atoms with van der Waals surface area (Å²) in [5.74, 6) is 0.591. The lowest BCUT2D eigenvalue weighted by Crippen LogP contribution is -2.31. The van der Waals surface area contributed by atoms with Gasteiger partial charge in [-0.05, 0) is 30.5 Å². The maximum atomic E-state index is 5.97. The second-order valence-corrected chi connectivity index (χ2v) is 5.76. The first-order valence-electron chi connectivity index (χ1n) is 5.69. The fourth-order valence-corrected chi connectivity index (χ4v) is 3.50. The van der Waals surface area contributed by atoms with Gasteiger partial charge in [-0.15, -0.1) is 11.6 Å². The third-order valence-electron chi connectivity index (χ3n) is 3.04. The van der Waals surface area contributed by atoms with Crippen LogP contribution in [0, 0.1) is 13.8 Å². The van der Waals surface area contributed by atoms with Crippen LogP contribution in [0.2, 0.25) is 0 Å². The molecule has 2 rings (SSSR count). The molecule has 0 saturated heterocycles. The Morgan fingerprint density at radius 2 is 1.65 bits per heavy atom. The predicted octanol–water partition coefficient (Wildman–Crippen LogP) is 2.70. The Labute approximate surface area is 110 Å². The molecule has 0 heterocycles. The van der Waals surface area contributed by atoms with Crippen LogP contribution in [-0.4, -0.2) is 9.52 Å². The summed E-state index contributed by atoms with van der Waals surface area (Å²) in [5.41, 5.74) is 4.00. The molecule has 86 valence electrons. The molecule has 0 fully saturated rings. The third kappa shape index (κ3) is 2.79. The van der Waals surface area contributed by atoms with Gasteiger partial charge in [-0.2, -0.15) is 0 Å². The highest BCUT2D eigenvalue weighted by atomic mass is 35.5. The standard InChI is InChI=1S/C15H15ClSi/c1-11-6-5-9-14(12(11)2)17-15-8-4-3-7-13(15)10-16/h3-9H,10H2,1-2H3. The first kappa shape index (κ1) is 12.4. The summed E-state index contributed by atoms with van der Waals surface area (Å²) in [5, 5.41) is 2.78. The molecule has 0 aliphatic heterocycles. The highest BCUT2D eigenvalue weighted by Gasteiger charge is 2.06. The van der Waals surface area contributed by atoms with Crippen molar-refractivity contribution in [2.75, 3.05) is 0 Å². The Morgan fingerprint density at radius 3 is 2.41 bits per heavy atom. The van der Waals surface area contributed by atoms with Gasteiger partial charge in [0.25, 0.3) is 0 Å². The van der Waals surface area contributed by atoms with Gasteiger partial charge in [-0.1, -0.05) is 52.8 Å². The van der Waals surface area contributed by atoms with Crippen molar-refractivity contribution >= 4 is 31.5 Å². The summed E-state index contributed by atoms with van der Waals surface area (Å²) in [6.45, 7) is 4.36. The zero-order chi connectivity index (χ0) is 12.3. The third-order valence-corrected chi connectivity index (χ3v) is 4.89. The van der Waals surface area contributed by atoms with Crippen molar-refractivity contribution in [3.63, 3.8) is 0 Å². The number of rotatable bonds is 3. The van der Waals surface area contributed by atoms with Gasteiger partial charge >= 0.3 is 0 Å². The van der Waals surface area contributed by atoms with Gasteiger partial charge in [-0.3, -0.25) is 0 Å². The average molecular weight is 259 g/mol. The van der Waals surface area contributed by atoms with Crippen molar-refractivity contribution in [3.05, 3.63) is 59.2 Å². The molecule has 0 spiro atoms. The smallest absolute Gasteiger partial charge is 0.122 e. The first-order valence-corrected chi connectivity index (χ1v) is 7.23. The summed E-state index contributed by atoms with van der Waals surface area (Å²) < 4.78 is 0. The molecule has 0 aliphatic rings. The average Bonchev–Trinajstić information content (AvgIpc) is 2.35. The van der Waals surface area contributed by atoms with E-state index in [1.165, 1.54) is 27.1 Å². The molecule has 0 atom stereocenters. The minimum absolute atomic E-state index is 0.591. The Bertz CT molecular complexity index is 520. The largest absolute Gasteiger partial charge is 0.122 e. The summed E-state index contributed by atoms with van der Waals surface area (Å²) in [6, 6.07) is 14.9. The minimum Gasteiger partial charge on any atom is -0.122 e. The summed E-state index contributed by atoms with van der Waals surface area (Å²) >= 11 is 5.97. The van der Waals surface area contributed by atoms with Gasteiger partial charge in [0.2, 0.25) is 0 Å². The minimum atomic E-state index is 0.591. The van der Waals surface area contributed by atoms with E-state index in [1.807, 2.05) is 0 Å². The van der Waals surface area contributed by atoms with Crippen LogP contribution in [0.3, 0.4) is 0 Å². The van der Waals surface area contributed by atoms with Gasteiger partial charge in [0, 0.05) is 5.88 Å². The van der Waals surface area contributed by atoms with Crippen LogP contribution in [0.4, 0.5) is 0 Å². The van der Waals surface area contributed by atoms with Gasteiger partial charge in [0.05, 0.1) is 0 Å². The number of aryl methyl sites for hydroxylation is 1. The molecule has 0 unspecified atom stereocenters. The highest BCUT2D eigenvalue weighted by molar-refractivity contribution is 6.68. The van der Waals surface area contributed by atoms with Crippen LogP contribution in [0.15, 0.2) is 42.5 Å². The van der Waals surface area contributed by atoms with E-state index < -0.39 is 0 Å². The summed E-state index contributed by atoms with van der Waals surface area (Å²) in [6.07, 6.45) is 0. The Morgan fingerprint density at radius 1 is 0.941 bits per heavy atom. The Kier molecular flexibility index (Phi) is 4.03. The molecular weight excluding hydrogens is 244 g/mol. The lowest BCUT2D eigenvalue weighted by atomic mass is 10.1. The number of benzene rings is 2. The van der Waals surface area contributed by atoms with Gasteiger partial charge < -0.3 is 0 Å². The van der Waals surface area contributed by atoms with Crippen LogP contribution < -0.4 is 10.4 Å². The van der Waals surface area contributed by atoms with Crippen LogP contribution in [-0.2, 0) is 5.88 Å². The van der Waals surface area contributed by atoms with E-state index >= 15 is 0 Å². The van der Waals surface area contributed by atoms with Crippen molar-refractivity contribution in [1.29, 1.82) is 0 Å². The van der Waals surface area contributed by atoms with Gasteiger partial charge in [0.15, 0.2) is 0 Å². The van der Waals surface area contributed by atoms with E-state index in [1.54, 1.807) is 0 Å². The van der Waals surface area contributed by atoms with E-state index in [0.29, 0.717) is 15.4 Å². The van der Waals surface area contributed by atoms with Crippen LogP contribution in [0.25, 0.3) is 0 Å². The van der Waals surface area contributed by atoms with Crippen LogP contribution >= 0.6 is 11.6 Å². The Balaban J connectivity index is 2.35. The molecule has 0 saturated carbocycles. The molecule has 0 bridgehead atoms. The topological polar surface area (TPSA) is 0 Å². The van der Waals surface area contributed by atoms with Crippen molar-refractivity contribution in [2.45, 2.75) is 19.7 Å². The Hall–Kier alpha value is -1.05. The maximum Gasteiger partial charge on any atom is 0.122 e. The monoisotopic (exact) mass is 258 g/mol. The van der Waals surface area contributed by atoms with E-state index in [-0.39, 0.29) is 0 Å². The molecule has 2 heteroatoms. The predicted molar refractivity (Wildman–Crippen MR) is 76.9 cm³/mol. The van der Waals surface area contributed by atoms with Gasteiger partial charge in [-0.25, -0.2) is 0 Å². The fraction of sp³-hybridized carbons (Fsp3) is 0.200. The maximum absolute atomic E-state index is 5.97. The second-order valence-electron chi connectivity index (χ2n) is 4.16. The zero-order valence-electron chi connectivity index (χ0n) is 10.1. The molecule has 17 heavy (non-hydrogen) atoms. The quantitative estimate of drug-likeness (QED) is 0.587. The number of hydrogen-bond donors (Lipinski definition) is 0. The molecule has 0 aliphatic carbocycles. The van der Waals surface area contributed by atoms with Crippen molar-refractivity contribution in [2.24, 2.45) is 0 Å². The number of halogens is 1. The van der Waals surface area contributed by atoms with Crippen LogP contribution in [0.5, 0.6) is 0 Å². The normalized spacial score (nSPS) is 10.5. The van der Waals surface area contributed by atoms with E-state index in [4.69, 9.17) is 11.6 Å². The molecule has 0 aromatic heterocycles. The SMILES string of the molecule is Cc1cccc([Si]c2ccccc2CCl)c1C. The molecule has 2 radical (unpaired) electrons. The molecular formula is C15H15ClSi. The second kappa shape index (κ2) is 5.52. The molecule has 2 aromatic rings. The highest BCUT2D eigenvalue weighted by Crippen LogP contribution is 2.04. The summed E-state index contributed by atoms with van der Waals surface area (Å²) in [4.78, 5) is 0. The van der Waals surface area contributed by atoms with Crippen molar-refractivity contribution in [1.82, 2.24) is 0 Å². The van der Waals surface area contributed by atoms with Crippen molar-refractivity contribution in [3.8, 4) is 0 Å². The molecule has 0 N–H and O–H groups in total. The zero-order valence-corrected chi connectivity index (χ0v) is 11.9. The van der Waals surface area contributed by atoms with E-state index in [2.05, 4.69) is 56.3 Å². The van der Waals surface area contributed by atoms with Crippen LogP contribution in [0.1, 0.15) is 16.7 Å². The van der Waals surface area contributed by atoms with Crippen molar-refractivity contribution < 1.29 is 0 Å². The first-order chi connectivity index (χ1) is 8.22. The molecule has 2 aromatic carbocycles. The summed E-state index contributed by atoms with van der Waals surface area (Å²) in [7, 11) is 0.693. The lowest BCUT2D eigenvalue weighted by Gasteiger charge is -2.10. The molecule has 0 amide bonds. The van der Waals surface area contributed by atoms with Gasteiger partial charge in [0.1, 0.15) is 9.52 Å². The number of alkyl halides is 1.